The highest BCUT2D eigenvalue weighted by Crippen LogP contribution is 2.21. The van der Waals surface area contributed by atoms with Gasteiger partial charge in [0.15, 0.2) is 11.6 Å². The summed E-state index contributed by atoms with van der Waals surface area (Å²) in [6, 6.07) is 8.87. The largest absolute Gasteiger partial charge is 0.494 e. The minimum Gasteiger partial charge on any atom is -0.494 e. The lowest BCUT2D eigenvalue weighted by Crippen LogP contribution is -2.01. The molecule has 1 aromatic heterocycles. The van der Waals surface area contributed by atoms with Gasteiger partial charge in [0.2, 0.25) is 0 Å². The Balaban J connectivity index is 2.14. The highest BCUT2D eigenvalue weighted by atomic mass is 19.1. The molecule has 0 atom stereocenters. The summed E-state index contributed by atoms with van der Waals surface area (Å²) in [6.07, 6.45) is 2.87. The summed E-state index contributed by atoms with van der Waals surface area (Å²) in [5, 5.41) is 0. The molecule has 1 aromatic carbocycles. The van der Waals surface area contributed by atoms with Gasteiger partial charge < -0.3 is 10.5 Å². The molecule has 0 bridgehead atoms. The van der Waals surface area contributed by atoms with Crippen molar-refractivity contribution in [3.8, 4) is 5.75 Å². The van der Waals surface area contributed by atoms with Crippen LogP contribution in [0.4, 0.5) is 10.2 Å². The second-order valence-corrected chi connectivity index (χ2v) is 3.98. The molecule has 0 fully saturated rings. The molecule has 2 aromatic rings. The first-order valence-corrected chi connectivity index (χ1v) is 5.73. The number of halogens is 1. The summed E-state index contributed by atoms with van der Waals surface area (Å²) in [7, 11) is 1.46. The highest BCUT2D eigenvalue weighted by molar-refractivity contribution is 5.39. The Labute approximate surface area is 105 Å². The first kappa shape index (κ1) is 12.4. The Bertz CT molecular complexity index is 543. The number of hydrogen-bond acceptors (Lipinski definition) is 3. The molecule has 0 amide bonds. The van der Waals surface area contributed by atoms with Crippen LogP contribution in [0.2, 0.25) is 0 Å². The number of ether oxygens (including phenoxy) is 1. The van der Waals surface area contributed by atoms with E-state index in [1.807, 2.05) is 12.1 Å². The van der Waals surface area contributed by atoms with E-state index >= 15 is 0 Å². The number of pyridine rings is 1. The average molecular weight is 246 g/mol. The van der Waals surface area contributed by atoms with Gasteiger partial charge in [-0.3, -0.25) is 0 Å². The Hall–Kier alpha value is -2.10. The molecule has 18 heavy (non-hydrogen) atoms. The van der Waals surface area contributed by atoms with Crippen LogP contribution < -0.4 is 10.5 Å². The molecule has 1 heterocycles. The molecule has 94 valence electrons. The van der Waals surface area contributed by atoms with Crippen molar-refractivity contribution in [1.29, 1.82) is 0 Å². The zero-order valence-corrected chi connectivity index (χ0v) is 10.2. The van der Waals surface area contributed by atoms with Gasteiger partial charge in [-0.25, -0.2) is 9.37 Å². The van der Waals surface area contributed by atoms with Gasteiger partial charge in [0, 0.05) is 6.20 Å². The Morgan fingerprint density at radius 2 is 1.89 bits per heavy atom. The molecule has 2 N–H and O–H groups in total. The summed E-state index contributed by atoms with van der Waals surface area (Å²) in [6.45, 7) is 0. The van der Waals surface area contributed by atoms with Gasteiger partial charge in [-0.05, 0) is 36.1 Å². The van der Waals surface area contributed by atoms with Crippen LogP contribution in [-0.4, -0.2) is 12.1 Å². The van der Waals surface area contributed by atoms with Crippen LogP contribution in [0, 0.1) is 5.82 Å². The SMILES string of the molecule is COc1cccc(CCc2cccnc2N)c1F. The molecule has 0 radical (unpaired) electrons. The standard InChI is InChI=1S/C14H15FN2O/c1-18-12-6-2-4-10(13(12)15)7-8-11-5-3-9-17-14(11)16/h2-6,9H,7-8H2,1H3,(H2,16,17). The Kier molecular flexibility index (Phi) is 3.77. The van der Waals surface area contributed by atoms with Crippen LogP contribution in [0.1, 0.15) is 11.1 Å². The first-order chi connectivity index (χ1) is 8.72. The van der Waals surface area contributed by atoms with Crippen LogP contribution in [0.5, 0.6) is 5.75 Å². The van der Waals surface area contributed by atoms with Gasteiger partial charge in [0.1, 0.15) is 5.82 Å². The normalized spacial score (nSPS) is 10.3. The number of hydrogen-bond donors (Lipinski definition) is 1. The molecule has 0 aliphatic carbocycles. The fraction of sp³-hybridized carbons (Fsp3) is 0.214. The van der Waals surface area contributed by atoms with E-state index in [2.05, 4.69) is 4.98 Å². The van der Waals surface area contributed by atoms with E-state index in [-0.39, 0.29) is 11.6 Å². The molecule has 0 unspecified atom stereocenters. The van der Waals surface area contributed by atoms with E-state index in [0.717, 1.165) is 5.56 Å². The summed E-state index contributed by atoms with van der Waals surface area (Å²) < 4.78 is 18.9. The van der Waals surface area contributed by atoms with E-state index in [4.69, 9.17) is 10.5 Å². The molecular formula is C14H15FN2O. The topological polar surface area (TPSA) is 48.1 Å². The van der Waals surface area contributed by atoms with Crippen molar-refractivity contribution in [2.45, 2.75) is 12.8 Å². The van der Waals surface area contributed by atoms with Gasteiger partial charge in [-0.15, -0.1) is 0 Å². The van der Waals surface area contributed by atoms with Crippen molar-refractivity contribution in [1.82, 2.24) is 4.98 Å². The first-order valence-electron chi connectivity index (χ1n) is 5.73. The van der Waals surface area contributed by atoms with Gasteiger partial charge in [-0.1, -0.05) is 18.2 Å². The van der Waals surface area contributed by atoms with Crippen molar-refractivity contribution in [2.24, 2.45) is 0 Å². The van der Waals surface area contributed by atoms with Gasteiger partial charge in [0.25, 0.3) is 0 Å². The number of methoxy groups -OCH3 is 1. The number of anilines is 1. The van der Waals surface area contributed by atoms with E-state index < -0.39 is 0 Å². The number of aromatic nitrogens is 1. The molecule has 0 aliphatic heterocycles. The van der Waals surface area contributed by atoms with Gasteiger partial charge in [-0.2, -0.15) is 0 Å². The Morgan fingerprint density at radius 3 is 2.61 bits per heavy atom. The van der Waals surface area contributed by atoms with Crippen LogP contribution in [0.25, 0.3) is 0 Å². The third-order valence-corrected chi connectivity index (χ3v) is 2.85. The van der Waals surface area contributed by atoms with Gasteiger partial charge >= 0.3 is 0 Å². The maximum Gasteiger partial charge on any atom is 0.168 e. The molecule has 0 saturated heterocycles. The minimum atomic E-state index is -0.303. The third kappa shape index (κ3) is 2.59. The van der Waals surface area contributed by atoms with Crippen LogP contribution in [0.15, 0.2) is 36.5 Å². The second kappa shape index (κ2) is 5.49. The molecule has 2 rings (SSSR count). The molecule has 0 spiro atoms. The zero-order chi connectivity index (χ0) is 13.0. The lowest BCUT2D eigenvalue weighted by molar-refractivity contribution is 0.384. The average Bonchev–Trinajstić information content (AvgIpc) is 2.39. The predicted molar refractivity (Wildman–Crippen MR) is 69.0 cm³/mol. The lowest BCUT2D eigenvalue weighted by Gasteiger charge is -2.08. The van der Waals surface area contributed by atoms with E-state index in [1.54, 1.807) is 24.4 Å². The number of rotatable bonds is 4. The number of nitrogen functional groups attached to an aromatic ring is 1. The highest BCUT2D eigenvalue weighted by Gasteiger charge is 2.09. The maximum absolute atomic E-state index is 13.9. The predicted octanol–water partition coefficient (Wildman–Crippen LogP) is 2.60. The summed E-state index contributed by atoms with van der Waals surface area (Å²) in [5.41, 5.74) is 7.30. The summed E-state index contributed by atoms with van der Waals surface area (Å²) in [4.78, 5) is 4.01. The smallest absolute Gasteiger partial charge is 0.168 e. The van der Waals surface area contributed by atoms with Crippen molar-refractivity contribution in [3.05, 3.63) is 53.5 Å². The molecular weight excluding hydrogens is 231 g/mol. The summed E-state index contributed by atoms with van der Waals surface area (Å²) in [5.74, 6) is 0.468. The van der Waals surface area contributed by atoms with Crippen molar-refractivity contribution < 1.29 is 9.13 Å². The van der Waals surface area contributed by atoms with Crippen LogP contribution in [0.3, 0.4) is 0 Å². The lowest BCUT2D eigenvalue weighted by atomic mass is 10.0. The fourth-order valence-corrected chi connectivity index (χ4v) is 1.84. The zero-order valence-electron chi connectivity index (χ0n) is 10.2. The van der Waals surface area contributed by atoms with Crippen molar-refractivity contribution in [3.63, 3.8) is 0 Å². The second-order valence-electron chi connectivity index (χ2n) is 3.98. The summed E-state index contributed by atoms with van der Waals surface area (Å²) >= 11 is 0. The molecule has 0 aliphatic rings. The van der Waals surface area contributed by atoms with Crippen molar-refractivity contribution in [2.75, 3.05) is 12.8 Å². The third-order valence-electron chi connectivity index (χ3n) is 2.85. The molecule has 0 saturated carbocycles. The number of nitrogens with zero attached hydrogens (tertiary/aromatic N) is 1. The number of aryl methyl sites for hydroxylation is 2. The van der Waals surface area contributed by atoms with Gasteiger partial charge in [0.05, 0.1) is 7.11 Å². The van der Waals surface area contributed by atoms with E-state index in [1.165, 1.54) is 7.11 Å². The molecule has 4 heteroatoms. The van der Waals surface area contributed by atoms with Crippen LogP contribution in [-0.2, 0) is 12.8 Å². The van der Waals surface area contributed by atoms with E-state index in [9.17, 15) is 4.39 Å². The number of nitrogens with two attached hydrogens (primary N) is 1. The fourth-order valence-electron chi connectivity index (χ4n) is 1.84. The maximum atomic E-state index is 13.9. The Morgan fingerprint density at radius 1 is 1.17 bits per heavy atom. The molecule has 3 nitrogen and oxygen atoms in total. The van der Waals surface area contributed by atoms with Crippen molar-refractivity contribution >= 4 is 5.82 Å². The number of benzene rings is 1. The van der Waals surface area contributed by atoms with Crippen LogP contribution >= 0.6 is 0 Å². The minimum absolute atomic E-state index is 0.270. The monoisotopic (exact) mass is 246 g/mol. The quantitative estimate of drug-likeness (QED) is 0.902. The van der Waals surface area contributed by atoms with E-state index in [0.29, 0.717) is 24.2 Å².